The summed E-state index contributed by atoms with van der Waals surface area (Å²) in [6.45, 7) is 1.62. The van der Waals surface area contributed by atoms with E-state index in [0.29, 0.717) is 32.7 Å². The second-order valence-corrected chi connectivity index (χ2v) is 5.51. The van der Waals surface area contributed by atoms with Crippen LogP contribution in [-0.2, 0) is 9.47 Å². The number of aliphatic hydroxyl groups is 1. The number of anilines is 2. The molecule has 2 heterocycles. The van der Waals surface area contributed by atoms with E-state index in [-0.39, 0.29) is 24.5 Å². The van der Waals surface area contributed by atoms with E-state index in [1.54, 1.807) is 4.90 Å². The van der Waals surface area contributed by atoms with Gasteiger partial charge in [0.1, 0.15) is 11.8 Å². The fraction of sp³-hybridized carbons (Fsp3) is 0.533. The fourth-order valence-corrected chi connectivity index (χ4v) is 2.81. The first-order valence-electron chi connectivity index (χ1n) is 7.51. The van der Waals surface area contributed by atoms with Crippen LogP contribution in [0.4, 0.5) is 25.0 Å². The van der Waals surface area contributed by atoms with Crippen molar-refractivity contribution in [3.05, 3.63) is 23.8 Å². The minimum atomic E-state index is -0.734. The van der Waals surface area contributed by atoms with Crippen LogP contribution in [0.15, 0.2) is 12.1 Å². The topological polar surface area (TPSA) is 62.2 Å². The molecular weight excluding hydrogens is 310 g/mol. The highest BCUT2D eigenvalue weighted by Crippen LogP contribution is 2.31. The van der Waals surface area contributed by atoms with Crippen molar-refractivity contribution in [2.24, 2.45) is 0 Å². The van der Waals surface area contributed by atoms with Gasteiger partial charge in [0.05, 0.1) is 25.4 Å². The number of ether oxygens (including phenoxy) is 2. The molecule has 8 heteroatoms. The zero-order valence-electron chi connectivity index (χ0n) is 12.5. The van der Waals surface area contributed by atoms with E-state index in [1.807, 2.05) is 0 Å². The number of carbonyl (C=O) groups is 1. The zero-order valence-corrected chi connectivity index (χ0v) is 12.5. The molecule has 2 aliphatic rings. The third kappa shape index (κ3) is 3.23. The summed E-state index contributed by atoms with van der Waals surface area (Å²) in [7, 11) is 0. The average molecular weight is 328 g/mol. The lowest BCUT2D eigenvalue weighted by Gasteiger charge is -2.24. The predicted molar refractivity (Wildman–Crippen MR) is 78.7 cm³/mol. The van der Waals surface area contributed by atoms with Crippen LogP contribution in [0.5, 0.6) is 0 Å². The number of hydrogen-bond donors (Lipinski definition) is 1. The number of amides is 1. The Morgan fingerprint density at radius 2 is 1.96 bits per heavy atom. The molecule has 0 bridgehead atoms. The molecule has 2 fully saturated rings. The second-order valence-electron chi connectivity index (χ2n) is 5.51. The molecule has 6 nitrogen and oxygen atoms in total. The maximum absolute atomic E-state index is 14.4. The lowest BCUT2D eigenvalue weighted by atomic mass is 10.2. The lowest BCUT2D eigenvalue weighted by Crippen LogP contribution is -2.29. The van der Waals surface area contributed by atoms with E-state index in [1.165, 1.54) is 0 Å². The Morgan fingerprint density at radius 1 is 1.22 bits per heavy atom. The molecule has 2 saturated heterocycles. The lowest BCUT2D eigenvalue weighted by molar-refractivity contribution is 0.0963. The van der Waals surface area contributed by atoms with E-state index in [4.69, 9.17) is 14.6 Å². The van der Waals surface area contributed by atoms with Gasteiger partial charge in [-0.25, -0.2) is 13.6 Å². The van der Waals surface area contributed by atoms with E-state index in [9.17, 15) is 13.6 Å². The van der Waals surface area contributed by atoms with Crippen molar-refractivity contribution in [3.8, 4) is 0 Å². The number of benzene rings is 1. The maximum Gasteiger partial charge on any atom is 0.414 e. The summed E-state index contributed by atoms with van der Waals surface area (Å²) in [6, 6.07) is 2.23. The summed E-state index contributed by atoms with van der Waals surface area (Å²) in [5.41, 5.74) is -0.0266. The van der Waals surface area contributed by atoms with Crippen LogP contribution in [0, 0.1) is 11.6 Å². The van der Waals surface area contributed by atoms with Crippen LogP contribution in [-0.4, -0.2) is 56.8 Å². The monoisotopic (exact) mass is 328 g/mol. The summed E-state index contributed by atoms with van der Waals surface area (Å²) in [4.78, 5) is 14.4. The van der Waals surface area contributed by atoms with E-state index < -0.39 is 23.8 Å². The number of aliphatic hydroxyl groups excluding tert-OH is 1. The standard InChI is InChI=1S/C15H18F2N2O4/c16-12-6-10(19-8-11(9-20)23-15(19)21)7-13(17)14(12)18-2-1-4-22-5-3-18/h6-7,11,20H,1-5,8-9H2. The van der Waals surface area contributed by atoms with Gasteiger partial charge in [-0.1, -0.05) is 0 Å². The van der Waals surface area contributed by atoms with Crippen molar-refractivity contribution >= 4 is 17.5 Å². The summed E-state index contributed by atoms with van der Waals surface area (Å²) >= 11 is 0. The first kappa shape index (κ1) is 15.9. The number of carbonyl (C=O) groups excluding carboxylic acids is 1. The normalized spacial score (nSPS) is 22.2. The van der Waals surface area contributed by atoms with Gasteiger partial charge in [-0.2, -0.15) is 0 Å². The summed E-state index contributed by atoms with van der Waals surface area (Å²) in [6.07, 6.45) is -0.716. The molecule has 1 aromatic carbocycles. The molecule has 0 radical (unpaired) electrons. The van der Waals surface area contributed by atoms with Gasteiger partial charge in [-0.15, -0.1) is 0 Å². The molecule has 3 rings (SSSR count). The molecule has 1 N–H and O–H groups in total. The van der Waals surface area contributed by atoms with Crippen LogP contribution < -0.4 is 9.80 Å². The molecular formula is C15H18F2N2O4. The molecule has 1 aromatic rings. The van der Waals surface area contributed by atoms with Crippen molar-refractivity contribution in [1.29, 1.82) is 0 Å². The van der Waals surface area contributed by atoms with Crippen molar-refractivity contribution in [3.63, 3.8) is 0 Å². The first-order chi connectivity index (χ1) is 11.1. The van der Waals surface area contributed by atoms with Crippen molar-refractivity contribution in [2.45, 2.75) is 12.5 Å². The van der Waals surface area contributed by atoms with Gasteiger partial charge in [-0.05, 0) is 6.42 Å². The molecule has 126 valence electrons. The molecule has 2 aliphatic heterocycles. The number of hydrogen-bond acceptors (Lipinski definition) is 5. The third-order valence-corrected chi connectivity index (χ3v) is 3.93. The molecule has 0 spiro atoms. The van der Waals surface area contributed by atoms with Crippen molar-refractivity contribution in [1.82, 2.24) is 0 Å². The van der Waals surface area contributed by atoms with Gasteiger partial charge in [0, 0.05) is 31.8 Å². The highest BCUT2D eigenvalue weighted by molar-refractivity contribution is 5.90. The molecule has 1 unspecified atom stereocenters. The van der Waals surface area contributed by atoms with Gasteiger partial charge in [-0.3, -0.25) is 4.90 Å². The fourth-order valence-electron chi connectivity index (χ4n) is 2.81. The van der Waals surface area contributed by atoms with Gasteiger partial charge >= 0.3 is 6.09 Å². The van der Waals surface area contributed by atoms with E-state index in [0.717, 1.165) is 17.0 Å². The summed E-state index contributed by atoms with van der Waals surface area (Å²) < 4.78 is 39.0. The van der Waals surface area contributed by atoms with E-state index >= 15 is 0 Å². The molecule has 23 heavy (non-hydrogen) atoms. The Labute approximate surface area is 132 Å². The summed E-state index contributed by atoms with van der Waals surface area (Å²) in [5, 5.41) is 9.03. The Kier molecular flexibility index (Phi) is 4.63. The molecule has 1 atom stereocenters. The van der Waals surface area contributed by atoms with Crippen LogP contribution in [0.1, 0.15) is 6.42 Å². The highest BCUT2D eigenvalue weighted by Gasteiger charge is 2.33. The van der Waals surface area contributed by atoms with Gasteiger partial charge in [0.2, 0.25) is 0 Å². The minimum absolute atomic E-state index is 0.0606. The molecule has 1 amide bonds. The molecule has 0 saturated carbocycles. The van der Waals surface area contributed by atoms with Crippen LogP contribution in [0.3, 0.4) is 0 Å². The zero-order chi connectivity index (χ0) is 16.4. The third-order valence-electron chi connectivity index (χ3n) is 3.93. The highest BCUT2D eigenvalue weighted by atomic mass is 19.1. The summed E-state index contributed by atoms with van der Waals surface area (Å²) in [5.74, 6) is -1.47. The smallest absolute Gasteiger partial charge is 0.414 e. The van der Waals surface area contributed by atoms with E-state index in [2.05, 4.69) is 0 Å². The maximum atomic E-state index is 14.4. The number of rotatable bonds is 3. The Hall–Kier alpha value is -1.93. The average Bonchev–Trinajstić information content (AvgIpc) is 2.71. The Bertz CT molecular complexity index is 568. The largest absolute Gasteiger partial charge is 0.441 e. The molecule has 0 aliphatic carbocycles. The van der Waals surface area contributed by atoms with Gasteiger partial charge in [0.15, 0.2) is 11.6 Å². The quantitative estimate of drug-likeness (QED) is 0.911. The SMILES string of the molecule is O=C1OC(CO)CN1c1cc(F)c(N2CCCOCC2)c(F)c1. The van der Waals surface area contributed by atoms with Crippen LogP contribution >= 0.6 is 0 Å². The second kappa shape index (κ2) is 6.67. The molecule has 0 aromatic heterocycles. The number of halogens is 2. The van der Waals surface area contributed by atoms with Gasteiger partial charge < -0.3 is 19.5 Å². The van der Waals surface area contributed by atoms with Crippen molar-refractivity contribution < 1.29 is 28.2 Å². The van der Waals surface area contributed by atoms with Crippen LogP contribution in [0.25, 0.3) is 0 Å². The van der Waals surface area contributed by atoms with Crippen molar-refractivity contribution in [2.75, 3.05) is 49.3 Å². The van der Waals surface area contributed by atoms with Crippen LogP contribution in [0.2, 0.25) is 0 Å². The first-order valence-corrected chi connectivity index (χ1v) is 7.51. The van der Waals surface area contributed by atoms with Gasteiger partial charge in [0.25, 0.3) is 0 Å². The Balaban J connectivity index is 1.87. The number of nitrogens with zero attached hydrogens (tertiary/aromatic N) is 2. The minimum Gasteiger partial charge on any atom is -0.441 e. The Morgan fingerprint density at radius 3 is 2.61 bits per heavy atom. The number of cyclic esters (lactones) is 1. The predicted octanol–water partition coefficient (Wildman–Crippen LogP) is 1.51.